The Morgan fingerprint density at radius 2 is 1.52 bits per heavy atom. The van der Waals surface area contributed by atoms with Crippen LogP contribution in [-0.4, -0.2) is 60.6 Å². The second kappa shape index (κ2) is 8.11. The van der Waals surface area contributed by atoms with E-state index in [4.69, 9.17) is 4.74 Å². The minimum absolute atomic E-state index is 0.171. The minimum Gasteiger partial charge on any atom is -0.439 e. The first-order valence-corrected chi connectivity index (χ1v) is 9.66. The molecule has 0 aliphatic carbocycles. The molecule has 27 heavy (non-hydrogen) atoms. The summed E-state index contributed by atoms with van der Waals surface area (Å²) < 4.78 is 5.54. The Morgan fingerprint density at radius 1 is 0.889 bits per heavy atom. The van der Waals surface area contributed by atoms with Gasteiger partial charge in [-0.05, 0) is 23.7 Å². The van der Waals surface area contributed by atoms with Crippen molar-refractivity contribution in [1.29, 1.82) is 0 Å². The van der Waals surface area contributed by atoms with E-state index in [2.05, 4.69) is 41.1 Å². The van der Waals surface area contributed by atoms with E-state index >= 15 is 0 Å². The summed E-state index contributed by atoms with van der Waals surface area (Å²) in [5.74, 6) is 0. The van der Waals surface area contributed by atoms with E-state index in [1.54, 1.807) is 4.90 Å². The molecule has 1 amide bonds. The lowest BCUT2D eigenvalue weighted by molar-refractivity contribution is 0.132. The largest absolute Gasteiger partial charge is 0.439 e. The number of likely N-dealkylation sites (N-methyl/N-ethyl adjacent to an activating group) is 1. The Morgan fingerprint density at radius 3 is 2.19 bits per heavy atom. The molecule has 1 atom stereocenters. The van der Waals surface area contributed by atoms with Crippen molar-refractivity contribution in [2.45, 2.75) is 19.2 Å². The SMILES string of the molecule is CN1CCN(Cc2ccc(CN3CC(c4ccccc4)OC3=O)cc2)CC1. The van der Waals surface area contributed by atoms with Gasteiger partial charge in [0.1, 0.15) is 6.10 Å². The van der Waals surface area contributed by atoms with E-state index < -0.39 is 0 Å². The molecule has 2 aromatic rings. The Kier molecular flexibility index (Phi) is 5.41. The Bertz CT molecular complexity index is 755. The molecule has 2 aliphatic heterocycles. The maximum Gasteiger partial charge on any atom is 0.410 e. The molecule has 0 saturated carbocycles. The number of piperazine rings is 1. The third-order valence-corrected chi connectivity index (χ3v) is 5.46. The molecule has 2 aromatic carbocycles. The zero-order chi connectivity index (χ0) is 18.6. The predicted molar refractivity (Wildman–Crippen MR) is 105 cm³/mol. The normalized spacial score (nSPS) is 21.4. The van der Waals surface area contributed by atoms with Crippen LogP contribution < -0.4 is 0 Å². The monoisotopic (exact) mass is 365 g/mol. The van der Waals surface area contributed by atoms with Crippen LogP contribution in [0.3, 0.4) is 0 Å². The van der Waals surface area contributed by atoms with E-state index in [1.807, 2.05) is 30.3 Å². The molecule has 142 valence electrons. The molecule has 1 unspecified atom stereocenters. The number of amides is 1. The van der Waals surface area contributed by atoms with E-state index in [0.29, 0.717) is 13.1 Å². The van der Waals surface area contributed by atoms with Gasteiger partial charge in [0, 0.05) is 39.3 Å². The number of nitrogens with zero attached hydrogens (tertiary/aromatic N) is 3. The average molecular weight is 365 g/mol. The average Bonchev–Trinajstić information content (AvgIpc) is 3.06. The van der Waals surface area contributed by atoms with Crippen molar-refractivity contribution >= 4 is 6.09 Å². The van der Waals surface area contributed by atoms with Crippen LogP contribution in [0.15, 0.2) is 54.6 Å². The highest BCUT2D eigenvalue weighted by Crippen LogP contribution is 2.27. The lowest BCUT2D eigenvalue weighted by atomic mass is 10.1. The summed E-state index contributed by atoms with van der Waals surface area (Å²) in [6.07, 6.45) is -0.402. The third-order valence-electron chi connectivity index (χ3n) is 5.46. The first-order valence-electron chi connectivity index (χ1n) is 9.66. The maximum absolute atomic E-state index is 12.2. The minimum atomic E-state index is -0.231. The summed E-state index contributed by atoms with van der Waals surface area (Å²) in [6.45, 7) is 6.71. The molecule has 2 saturated heterocycles. The van der Waals surface area contributed by atoms with E-state index in [1.165, 1.54) is 5.56 Å². The van der Waals surface area contributed by atoms with Crippen molar-refractivity contribution in [1.82, 2.24) is 14.7 Å². The Balaban J connectivity index is 1.32. The first kappa shape index (κ1) is 18.0. The van der Waals surface area contributed by atoms with Crippen LogP contribution in [0, 0.1) is 0 Å². The van der Waals surface area contributed by atoms with Gasteiger partial charge >= 0.3 is 6.09 Å². The number of rotatable bonds is 5. The number of carbonyl (C=O) groups excluding carboxylic acids is 1. The molecular formula is C22H27N3O2. The predicted octanol–water partition coefficient (Wildman–Crippen LogP) is 3.13. The quantitative estimate of drug-likeness (QED) is 0.816. The van der Waals surface area contributed by atoms with Gasteiger partial charge in [0.25, 0.3) is 0 Å². The van der Waals surface area contributed by atoms with Crippen molar-refractivity contribution in [3.05, 3.63) is 71.3 Å². The van der Waals surface area contributed by atoms with Crippen molar-refractivity contribution in [2.75, 3.05) is 39.8 Å². The van der Waals surface area contributed by atoms with Gasteiger partial charge in [-0.3, -0.25) is 9.80 Å². The molecule has 5 nitrogen and oxygen atoms in total. The van der Waals surface area contributed by atoms with Crippen LogP contribution in [0.1, 0.15) is 22.8 Å². The topological polar surface area (TPSA) is 36.0 Å². The summed E-state index contributed by atoms with van der Waals surface area (Å²) in [5, 5.41) is 0. The highest BCUT2D eigenvalue weighted by Gasteiger charge is 2.32. The number of benzene rings is 2. The maximum atomic E-state index is 12.2. The smallest absolute Gasteiger partial charge is 0.410 e. The fourth-order valence-corrected chi connectivity index (χ4v) is 3.71. The molecule has 0 radical (unpaired) electrons. The number of carbonyl (C=O) groups is 1. The highest BCUT2D eigenvalue weighted by atomic mass is 16.6. The van der Waals surface area contributed by atoms with Crippen molar-refractivity contribution in [2.24, 2.45) is 0 Å². The molecule has 5 heteroatoms. The second-order valence-corrected chi connectivity index (χ2v) is 7.56. The zero-order valence-corrected chi connectivity index (χ0v) is 15.9. The van der Waals surface area contributed by atoms with Gasteiger partial charge in [0.05, 0.1) is 6.54 Å². The van der Waals surface area contributed by atoms with Crippen LogP contribution in [-0.2, 0) is 17.8 Å². The number of ether oxygens (including phenoxy) is 1. The molecule has 2 heterocycles. The molecule has 0 N–H and O–H groups in total. The van der Waals surface area contributed by atoms with Crippen LogP contribution in [0.25, 0.3) is 0 Å². The van der Waals surface area contributed by atoms with Gasteiger partial charge in [-0.2, -0.15) is 0 Å². The fourth-order valence-electron chi connectivity index (χ4n) is 3.71. The fraction of sp³-hybridized carbons (Fsp3) is 0.409. The summed E-state index contributed by atoms with van der Waals surface area (Å²) in [7, 11) is 2.18. The van der Waals surface area contributed by atoms with Crippen LogP contribution in [0.2, 0.25) is 0 Å². The van der Waals surface area contributed by atoms with Crippen LogP contribution in [0.5, 0.6) is 0 Å². The van der Waals surface area contributed by atoms with Gasteiger partial charge in [-0.25, -0.2) is 4.79 Å². The van der Waals surface area contributed by atoms with Crippen LogP contribution in [0.4, 0.5) is 4.79 Å². The van der Waals surface area contributed by atoms with Crippen molar-refractivity contribution in [3.8, 4) is 0 Å². The Labute approximate surface area is 161 Å². The van der Waals surface area contributed by atoms with E-state index in [0.717, 1.165) is 43.9 Å². The van der Waals surface area contributed by atoms with E-state index in [9.17, 15) is 4.79 Å². The lowest BCUT2D eigenvalue weighted by Gasteiger charge is -2.32. The standard InChI is InChI=1S/C22H27N3O2/c1-23-11-13-24(14-12-23)15-18-7-9-19(10-8-18)16-25-17-21(27-22(25)26)20-5-3-2-4-6-20/h2-10,21H,11-17H2,1H3. The zero-order valence-electron chi connectivity index (χ0n) is 15.9. The van der Waals surface area contributed by atoms with Crippen molar-refractivity contribution < 1.29 is 9.53 Å². The summed E-state index contributed by atoms with van der Waals surface area (Å²) in [4.78, 5) is 18.9. The van der Waals surface area contributed by atoms with E-state index in [-0.39, 0.29) is 12.2 Å². The summed E-state index contributed by atoms with van der Waals surface area (Å²) >= 11 is 0. The molecule has 2 aliphatic rings. The Hall–Kier alpha value is -2.37. The van der Waals surface area contributed by atoms with Gasteiger partial charge < -0.3 is 9.64 Å². The van der Waals surface area contributed by atoms with Gasteiger partial charge in [-0.1, -0.05) is 54.6 Å². The number of cyclic esters (lactones) is 1. The molecular weight excluding hydrogens is 338 g/mol. The molecule has 2 fully saturated rings. The van der Waals surface area contributed by atoms with Crippen molar-refractivity contribution in [3.63, 3.8) is 0 Å². The number of hydrogen-bond donors (Lipinski definition) is 0. The van der Waals surface area contributed by atoms with Crippen LogP contribution >= 0.6 is 0 Å². The third kappa shape index (κ3) is 4.49. The first-order chi connectivity index (χ1) is 13.2. The highest BCUT2D eigenvalue weighted by molar-refractivity contribution is 5.70. The molecule has 0 spiro atoms. The summed E-state index contributed by atoms with van der Waals surface area (Å²) in [5.41, 5.74) is 3.52. The van der Waals surface area contributed by atoms with Gasteiger partial charge in [-0.15, -0.1) is 0 Å². The van der Waals surface area contributed by atoms with Gasteiger partial charge in [0.15, 0.2) is 0 Å². The number of hydrogen-bond acceptors (Lipinski definition) is 4. The summed E-state index contributed by atoms with van der Waals surface area (Å²) in [6, 6.07) is 18.6. The second-order valence-electron chi connectivity index (χ2n) is 7.56. The molecule has 0 aromatic heterocycles. The lowest BCUT2D eigenvalue weighted by Crippen LogP contribution is -2.43. The van der Waals surface area contributed by atoms with Gasteiger partial charge in [0.2, 0.25) is 0 Å². The molecule has 4 rings (SSSR count). The molecule has 0 bridgehead atoms.